The summed E-state index contributed by atoms with van der Waals surface area (Å²) >= 11 is 0. The highest BCUT2D eigenvalue weighted by Crippen LogP contribution is 2.42. The number of unbranched alkanes of at least 4 members (excludes halogenated alkanes) is 7. The number of phenolic OH excluding ortho intramolecular Hbond substituents is 1. The molecule has 0 saturated carbocycles. The number of aliphatic hydroxyl groups excluding tert-OH is 1. The standard InChI is InChI=1S/C25H36O5/c1-4-5-6-7-8-9-10-11-12-30-22-16-20(15-21(27)17-22)25-23(28-2)13-19(18-26)14-24(25)29-3/h13-17,26-27H,4-12,18H2,1-3H3. The van der Waals surface area contributed by atoms with Crippen LogP contribution >= 0.6 is 0 Å². The number of phenols is 1. The van der Waals surface area contributed by atoms with Crippen LogP contribution in [0.25, 0.3) is 11.1 Å². The first kappa shape index (κ1) is 23.9. The number of benzene rings is 2. The van der Waals surface area contributed by atoms with Gasteiger partial charge in [-0.2, -0.15) is 0 Å². The predicted octanol–water partition coefficient (Wildman–Crippen LogP) is 6.09. The minimum atomic E-state index is -0.111. The zero-order valence-electron chi connectivity index (χ0n) is 18.6. The molecule has 0 unspecified atom stereocenters. The van der Waals surface area contributed by atoms with Gasteiger partial charge in [0.25, 0.3) is 0 Å². The molecule has 2 aromatic rings. The van der Waals surface area contributed by atoms with E-state index in [0.717, 1.165) is 18.4 Å². The van der Waals surface area contributed by atoms with E-state index < -0.39 is 0 Å². The molecular weight excluding hydrogens is 380 g/mol. The van der Waals surface area contributed by atoms with Gasteiger partial charge in [0.05, 0.1) is 33.0 Å². The number of aliphatic hydroxyl groups is 1. The third-order valence-corrected chi connectivity index (χ3v) is 5.19. The summed E-state index contributed by atoms with van der Waals surface area (Å²) in [6.45, 7) is 2.75. The van der Waals surface area contributed by atoms with Gasteiger partial charge in [-0.1, -0.05) is 51.9 Å². The molecule has 0 spiro atoms. The molecule has 0 radical (unpaired) electrons. The topological polar surface area (TPSA) is 68.2 Å². The monoisotopic (exact) mass is 416 g/mol. The number of hydrogen-bond donors (Lipinski definition) is 2. The summed E-state index contributed by atoms with van der Waals surface area (Å²) in [6.07, 6.45) is 9.96. The van der Waals surface area contributed by atoms with Gasteiger partial charge in [-0.05, 0) is 41.8 Å². The molecule has 0 atom stereocenters. The Morgan fingerprint density at radius 2 is 1.37 bits per heavy atom. The van der Waals surface area contributed by atoms with Crippen LogP contribution in [0.5, 0.6) is 23.0 Å². The molecule has 0 heterocycles. The summed E-state index contributed by atoms with van der Waals surface area (Å²) in [5, 5.41) is 19.7. The normalized spacial score (nSPS) is 10.8. The lowest BCUT2D eigenvalue weighted by molar-refractivity contribution is 0.280. The fourth-order valence-corrected chi connectivity index (χ4v) is 3.58. The Kier molecular flexibility index (Phi) is 10.4. The second-order valence-corrected chi connectivity index (χ2v) is 7.57. The van der Waals surface area contributed by atoms with Crippen molar-refractivity contribution in [2.45, 2.75) is 64.9 Å². The van der Waals surface area contributed by atoms with Gasteiger partial charge in [-0.15, -0.1) is 0 Å². The first-order valence-electron chi connectivity index (χ1n) is 11.0. The first-order chi connectivity index (χ1) is 14.6. The quantitative estimate of drug-likeness (QED) is 0.365. The lowest BCUT2D eigenvalue weighted by atomic mass is 10.0. The summed E-state index contributed by atoms with van der Waals surface area (Å²) in [7, 11) is 3.14. The van der Waals surface area contributed by atoms with Crippen molar-refractivity contribution in [3.8, 4) is 34.1 Å². The Bertz CT molecular complexity index is 747. The molecule has 0 aromatic heterocycles. The van der Waals surface area contributed by atoms with E-state index in [9.17, 15) is 10.2 Å². The fourth-order valence-electron chi connectivity index (χ4n) is 3.58. The SMILES string of the molecule is CCCCCCCCCCOc1cc(O)cc(-c2c(OC)cc(CO)cc2OC)c1. The smallest absolute Gasteiger partial charge is 0.130 e. The van der Waals surface area contributed by atoms with Crippen LogP contribution in [0.2, 0.25) is 0 Å². The number of methoxy groups -OCH3 is 2. The average molecular weight is 417 g/mol. The summed E-state index contributed by atoms with van der Waals surface area (Å²) in [6, 6.07) is 8.69. The number of ether oxygens (including phenoxy) is 3. The van der Waals surface area contributed by atoms with Crippen LogP contribution in [0.4, 0.5) is 0 Å². The van der Waals surface area contributed by atoms with E-state index in [2.05, 4.69) is 6.92 Å². The molecule has 0 aliphatic carbocycles. The van der Waals surface area contributed by atoms with Crippen molar-refractivity contribution in [2.24, 2.45) is 0 Å². The Hall–Kier alpha value is -2.40. The van der Waals surface area contributed by atoms with Crippen molar-refractivity contribution in [3.05, 3.63) is 35.9 Å². The maximum Gasteiger partial charge on any atom is 0.130 e. The van der Waals surface area contributed by atoms with E-state index in [1.807, 2.05) is 6.07 Å². The summed E-state index contributed by atoms with van der Waals surface area (Å²) in [5.74, 6) is 1.87. The highest BCUT2D eigenvalue weighted by atomic mass is 16.5. The van der Waals surface area contributed by atoms with Crippen molar-refractivity contribution >= 4 is 0 Å². The van der Waals surface area contributed by atoms with Crippen LogP contribution in [0.1, 0.15) is 63.9 Å². The Labute approximate surface area is 180 Å². The van der Waals surface area contributed by atoms with Crippen LogP contribution in [-0.2, 0) is 6.61 Å². The molecule has 2 N–H and O–H groups in total. The van der Waals surface area contributed by atoms with Crippen molar-refractivity contribution in [2.75, 3.05) is 20.8 Å². The average Bonchev–Trinajstić information content (AvgIpc) is 2.76. The summed E-state index contributed by atoms with van der Waals surface area (Å²) in [4.78, 5) is 0. The van der Waals surface area contributed by atoms with Crippen molar-refractivity contribution in [1.82, 2.24) is 0 Å². The summed E-state index contributed by atoms with van der Waals surface area (Å²) < 4.78 is 16.9. The minimum absolute atomic E-state index is 0.111. The van der Waals surface area contributed by atoms with Gasteiger partial charge in [0.1, 0.15) is 23.0 Å². The molecular formula is C25H36O5. The highest BCUT2D eigenvalue weighted by molar-refractivity contribution is 5.79. The largest absolute Gasteiger partial charge is 0.508 e. The molecule has 5 nitrogen and oxygen atoms in total. The molecule has 2 rings (SSSR count). The molecule has 0 amide bonds. The minimum Gasteiger partial charge on any atom is -0.508 e. The molecule has 30 heavy (non-hydrogen) atoms. The van der Waals surface area contributed by atoms with Crippen LogP contribution < -0.4 is 14.2 Å². The predicted molar refractivity (Wildman–Crippen MR) is 121 cm³/mol. The van der Waals surface area contributed by atoms with Crippen LogP contribution in [-0.4, -0.2) is 31.0 Å². The lowest BCUT2D eigenvalue weighted by Crippen LogP contribution is -1.99. The number of hydrogen-bond acceptors (Lipinski definition) is 5. The second kappa shape index (κ2) is 13.0. The van der Waals surface area contributed by atoms with E-state index in [1.54, 1.807) is 38.5 Å². The van der Waals surface area contributed by atoms with E-state index in [0.29, 0.717) is 35.0 Å². The molecule has 0 bridgehead atoms. The third kappa shape index (κ3) is 7.13. The van der Waals surface area contributed by atoms with Gasteiger partial charge >= 0.3 is 0 Å². The molecule has 166 valence electrons. The third-order valence-electron chi connectivity index (χ3n) is 5.19. The number of rotatable bonds is 14. The maximum atomic E-state index is 10.2. The van der Waals surface area contributed by atoms with Crippen LogP contribution in [0, 0.1) is 0 Å². The molecule has 2 aromatic carbocycles. The van der Waals surface area contributed by atoms with Crippen molar-refractivity contribution in [1.29, 1.82) is 0 Å². The first-order valence-corrected chi connectivity index (χ1v) is 11.0. The van der Waals surface area contributed by atoms with Crippen LogP contribution in [0.15, 0.2) is 30.3 Å². The van der Waals surface area contributed by atoms with E-state index in [4.69, 9.17) is 14.2 Å². The van der Waals surface area contributed by atoms with Gasteiger partial charge in [-0.3, -0.25) is 0 Å². The zero-order chi connectivity index (χ0) is 21.8. The molecule has 0 fully saturated rings. The van der Waals surface area contributed by atoms with E-state index in [1.165, 1.54) is 38.5 Å². The Balaban J connectivity index is 2.02. The Morgan fingerprint density at radius 3 is 1.93 bits per heavy atom. The molecule has 0 aliphatic rings. The van der Waals surface area contributed by atoms with Gasteiger partial charge in [0.2, 0.25) is 0 Å². The zero-order valence-corrected chi connectivity index (χ0v) is 18.6. The second-order valence-electron chi connectivity index (χ2n) is 7.57. The van der Waals surface area contributed by atoms with Gasteiger partial charge in [0.15, 0.2) is 0 Å². The van der Waals surface area contributed by atoms with Crippen molar-refractivity contribution < 1.29 is 24.4 Å². The lowest BCUT2D eigenvalue weighted by Gasteiger charge is -2.16. The molecule has 5 heteroatoms. The Morgan fingerprint density at radius 1 is 0.767 bits per heavy atom. The van der Waals surface area contributed by atoms with Gasteiger partial charge in [0, 0.05) is 6.07 Å². The van der Waals surface area contributed by atoms with Crippen LogP contribution in [0.3, 0.4) is 0 Å². The van der Waals surface area contributed by atoms with Gasteiger partial charge < -0.3 is 24.4 Å². The number of aromatic hydroxyl groups is 1. The van der Waals surface area contributed by atoms with E-state index >= 15 is 0 Å². The fraction of sp³-hybridized carbons (Fsp3) is 0.520. The van der Waals surface area contributed by atoms with Gasteiger partial charge in [-0.25, -0.2) is 0 Å². The summed E-state index contributed by atoms with van der Waals surface area (Å²) in [5.41, 5.74) is 2.14. The molecule has 0 aliphatic heterocycles. The van der Waals surface area contributed by atoms with Crippen molar-refractivity contribution in [3.63, 3.8) is 0 Å². The maximum absolute atomic E-state index is 10.2. The molecule has 0 saturated heterocycles. The highest BCUT2D eigenvalue weighted by Gasteiger charge is 2.16. The van der Waals surface area contributed by atoms with E-state index in [-0.39, 0.29) is 12.4 Å².